The first-order valence-electron chi connectivity index (χ1n) is 7.14. The van der Waals surface area contributed by atoms with E-state index >= 15 is 0 Å². The highest BCUT2D eigenvalue weighted by Crippen LogP contribution is 2.36. The first-order chi connectivity index (χ1) is 9.76. The van der Waals surface area contributed by atoms with E-state index in [1.807, 2.05) is 30.3 Å². The summed E-state index contributed by atoms with van der Waals surface area (Å²) in [5.41, 5.74) is -0.988. The van der Waals surface area contributed by atoms with Crippen molar-refractivity contribution in [3.63, 3.8) is 0 Å². The van der Waals surface area contributed by atoms with E-state index in [0.717, 1.165) is 5.56 Å². The van der Waals surface area contributed by atoms with Gasteiger partial charge in [-0.3, -0.25) is 0 Å². The molecule has 0 bridgehead atoms. The minimum absolute atomic E-state index is 0.157. The van der Waals surface area contributed by atoms with Crippen molar-refractivity contribution >= 4 is 5.97 Å². The summed E-state index contributed by atoms with van der Waals surface area (Å²) in [7, 11) is 0. The molecule has 21 heavy (non-hydrogen) atoms. The van der Waals surface area contributed by atoms with Gasteiger partial charge in [-0.25, -0.2) is 4.79 Å². The summed E-state index contributed by atoms with van der Waals surface area (Å²) in [4.78, 5) is 17.4. The van der Waals surface area contributed by atoms with Gasteiger partial charge in [0.2, 0.25) is 0 Å². The molecule has 1 aliphatic heterocycles. The minimum atomic E-state index is -1.12. The van der Waals surface area contributed by atoms with Gasteiger partial charge in [0.1, 0.15) is 5.60 Å². The van der Waals surface area contributed by atoms with E-state index in [9.17, 15) is 15.0 Å². The van der Waals surface area contributed by atoms with Crippen LogP contribution in [-0.4, -0.2) is 40.4 Å². The molecule has 1 unspecified atom stereocenters. The van der Waals surface area contributed by atoms with Crippen molar-refractivity contribution in [2.45, 2.75) is 38.8 Å². The molecule has 1 aromatic carbocycles. The fourth-order valence-electron chi connectivity index (χ4n) is 2.41. The van der Waals surface area contributed by atoms with Gasteiger partial charge >= 0.3 is 5.97 Å². The Morgan fingerprint density at radius 3 is 2.52 bits per heavy atom. The van der Waals surface area contributed by atoms with Gasteiger partial charge in [0, 0.05) is 6.42 Å². The largest absolute Gasteiger partial charge is 0.395 e. The van der Waals surface area contributed by atoms with Crippen LogP contribution in [0.4, 0.5) is 0 Å². The molecule has 116 valence electrons. The number of β-amino-alcohol motifs (C(OH)–C–C–N with tert-alkyl or cyclic N) is 1. The summed E-state index contributed by atoms with van der Waals surface area (Å²) in [6.45, 7) is 5.28. The van der Waals surface area contributed by atoms with Crippen molar-refractivity contribution in [3.05, 3.63) is 35.9 Å². The Morgan fingerprint density at radius 1 is 1.38 bits per heavy atom. The Bertz CT molecular complexity index is 497. The predicted octanol–water partition coefficient (Wildman–Crippen LogP) is 1.45. The molecular formula is C16H23NO4. The standard InChI is InChI=1S/C16H23NO4/c1-15(2,3)14(19)21-17-11-16(20,9-13(17)10-18)12-7-5-4-6-8-12/h4-8,13,18,20H,9-11H2,1-3H3/t13-,16?/m0/s1. The van der Waals surface area contributed by atoms with E-state index in [-0.39, 0.29) is 19.1 Å². The number of aliphatic hydroxyl groups is 2. The highest BCUT2D eigenvalue weighted by Gasteiger charge is 2.46. The average Bonchev–Trinajstić information content (AvgIpc) is 2.76. The van der Waals surface area contributed by atoms with Gasteiger partial charge in [-0.15, -0.1) is 5.06 Å². The Hall–Kier alpha value is -1.43. The quantitative estimate of drug-likeness (QED) is 0.882. The van der Waals surface area contributed by atoms with Crippen molar-refractivity contribution in [2.75, 3.05) is 13.2 Å². The lowest BCUT2D eigenvalue weighted by Gasteiger charge is -2.26. The van der Waals surface area contributed by atoms with E-state index in [1.165, 1.54) is 5.06 Å². The van der Waals surface area contributed by atoms with Crippen molar-refractivity contribution in [1.29, 1.82) is 0 Å². The average molecular weight is 293 g/mol. The molecule has 0 saturated carbocycles. The molecule has 2 N–H and O–H groups in total. The van der Waals surface area contributed by atoms with E-state index < -0.39 is 17.1 Å². The van der Waals surface area contributed by atoms with E-state index in [1.54, 1.807) is 20.8 Å². The van der Waals surface area contributed by atoms with Crippen molar-refractivity contribution in [3.8, 4) is 0 Å². The van der Waals surface area contributed by atoms with Gasteiger partial charge in [0.25, 0.3) is 0 Å². The maximum absolute atomic E-state index is 12.0. The van der Waals surface area contributed by atoms with Crippen molar-refractivity contribution < 1.29 is 19.8 Å². The molecule has 2 atom stereocenters. The van der Waals surface area contributed by atoms with Gasteiger partial charge < -0.3 is 15.1 Å². The number of aliphatic hydroxyl groups excluding tert-OH is 1. The van der Waals surface area contributed by atoms with Crippen LogP contribution in [0, 0.1) is 5.41 Å². The molecule has 1 aliphatic rings. The molecule has 1 heterocycles. The number of nitrogens with zero attached hydrogens (tertiary/aromatic N) is 1. The molecule has 5 heteroatoms. The van der Waals surface area contributed by atoms with Crippen LogP contribution in [0.25, 0.3) is 0 Å². The zero-order valence-corrected chi connectivity index (χ0v) is 12.7. The number of rotatable bonds is 3. The van der Waals surface area contributed by atoms with Crippen LogP contribution in [0.2, 0.25) is 0 Å². The van der Waals surface area contributed by atoms with Crippen LogP contribution >= 0.6 is 0 Å². The highest BCUT2D eigenvalue weighted by atomic mass is 16.7. The maximum atomic E-state index is 12.0. The molecule has 0 radical (unpaired) electrons. The second-order valence-electron chi connectivity index (χ2n) is 6.64. The number of hydroxylamine groups is 2. The van der Waals surface area contributed by atoms with Gasteiger partial charge in [-0.2, -0.15) is 0 Å². The minimum Gasteiger partial charge on any atom is -0.395 e. The Morgan fingerprint density at radius 2 is 2.00 bits per heavy atom. The van der Waals surface area contributed by atoms with Crippen LogP contribution in [-0.2, 0) is 15.2 Å². The van der Waals surface area contributed by atoms with Gasteiger partial charge in [0.15, 0.2) is 0 Å². The van der Waals surface area contributed by atoms with Gasteiger partial charge in [0.05, 0.1) is 24.6 Å². The highest BCUT2D eigenvalue weighted by molar-refractivity contribution is 5.75. The summed E-state index contributed by atoms with van der Waals surface area (Å²) >= 11 is 0. The molecule has 0 amide bonds. The van der Waals surface area contributed by atoms with Gasteiger partial charge in [-0.1, -0.05) is 30.3 Å². The fourth-order valence-corrected chi connectivity index (χ4v) is 2.41. The predicted molar refractivity (Wildman–Crippen MR) is 78.1 cm³/mol. The molecule has 5 nitrogen and oxygen atoms in total. The number of hydrogen-bond acceptors (Lipinski definition) is 5. The fraction of sp³-hybridized carbons (Fsp3) is 0.562. The Kier molecular flexibility index (Phi) is 4.37. The second kappa shape index (κ2) is 5.75. The van der Waals surface area contributed by atoms with Crippen molar-refractivity contribution in [2.24, 2.45) is 5.41 Å². The number of hydrogen-bond donors (Lipinski definition) is 2. The molecule has 0 aliphatic carbocycles. The third-order valence-corrected chi connectivity index (χ3v) is 3.73. The summed E-state index contributed by atoms with van der Waals surface area (Å²) in [5, 5.41) is 21.7. The van der Waals surface area contributed by atoms with Crippen LogP contribution in [0.5, 0.6) is 0 Å². The van der Waals surface area contributed by atoms with E-state index in [4.69, 9.17) is 4.84 Å². The zero-order valence-electron chi connectivity index (χ0n) is 12.7. The second-order valence-corrected chi connectivity index (χ2v) is 6.64. The molecular weight excluding hydrogens is 270 g/mol. The third-order valence-electron chi connectivity index (χ3n) is 3.73. The van der Waals surface area contributed by atoms with E-state index in [0.29, 0.717) is 6.42 Å². The first-order valence-corrected chi connectivity index (χ1v) is 7.14. The third kappa shape index (κ3) is 3.43. The molecule has 0 spiro atoms. The molecule has 1 saturated heterocycles. The first kappa shape index (κ1) is 15.9. The topological polar surface area (TPSA) is 70.0 Å². The maximum Gasteiger partial charge on any atom is 0.330 e. The monoisotopic (exact) mass is 293 g/mol. The SMILES string of the molecule is CC(C)(C)C(=O)ON1CC(O)(c2ccccc2)C[C@H]1CO. The normalized spacial score (nSPS) is 26.8. The molecule has 0 aromatic heterocycles. The summed E-state index contributed by atoms with van der Waals surface area (Å²) in [6, 6.07) is 8.85. The van der Waals surface area contributed by atoms with Gasteiger partial charge in [-0.05, 0) is 26.3 Å². The van der Waals surface area contributed by atoms with Crippen molar-refractivity contribution in [1.82, 2.24) is 5.06 Å². The van der Waals surface area contributed by atoms with Crippen LogP contribution in [0.3, 0.4) is 0 Å². The smallest absolute Gasteiger partial charge is 0.330 e. The number of benzene rings is 1. The zero-order chi connectivity index (χ0) is 15.7. The van der Waals surface area contributed by atoms with Crippen LogP contribution in [0.15, 0.2) is 30.3 Å². The van der Waals surface area contributed by atoms with Crippen LogP contribution in [0.1, 0.15) is 32.8 Å². The lowest BCUT2D eigenvalue weighted by atomic mass is 9.91. The Balaban J connectivity index is 2.16. The molecule has 1 aromatic rings. The lowest BCUT2D eigenvalue weighted by Crippen LogP contribution is -2.39. The molecule has 1 fully saturated rings. The molecule has 2 rings (SSSR count). The summed E-state index contributed by atoms with van der Waals surface area (Å²) < 4.78 is 0. The number of carbonyl (C=O) groups is 1. The number of carbonyl (C=O) groups excluding carboxylic acids is 1. The summed E-state index contributed by atoms with van der Waals surface area (Å²) in [6.07, 6.45) is 0.324. The van der Waals surface area contributed by atoms with Crippen LogP contribution < -0.4 is 0 Å². The van der Waals surface area contributed by atoms with E-state index in [2.05, 4.69) is 0 Å². The Labute approximate surface area is 125 Å². The lowest BCUT2D eigenvalue weighted by molar-refractivity contribution is -0.209. The summed E-state index contributed by atoms with van der Waals surface area (Å²) in [5.74, 6) is -0.377.